The van der Waals surface area contributed by atoms with Crippen molar-refractivity contribution in [2.45, 2.75) is 14.1 Å². The summed E-state index contributed by atoms with van der Waals surface area (Å²) in [5.41, 5.74) is 6.42. The molecule has 1 heterocycles. The minimum absolute atomic E-state index is 0.0852. The fourth-order valence-electron chi connectivity index (χ4n) is 1.33. The molecule has 2 rings (SSSR count). The van der Waals surface area contributed by atoms with E-state index in [1.165, 1.54) is 29.6 Å². The Hall–Kier alpha value is -1.05. The maximum atomic E-state index is 7.67. The maximum Gasteiger partial charge on any atom is 0.174 e. The van der Waals surface area contributed by atoms with Crippen molar-refractivity contribution in [3.05, 3.63) is 30.1 Å². The number of hydrogen-bond acceptors (Lipinski definition) is 6. The van der Waals surface area contributed by atoms with Crippen LogP contribution in [0.3, 0.4) is 0 Å². The van der Waals surface area contributed by atoms with Gasteiger partial charge < -0.3 is 5.73 Å². The average Bonchev–Trinajstić information content (AvgIpc) is 2.81. The Bertz CT molecular complexity index is 524. The molecule has 3 N–H and O–H groups in total. The lowest BCUT2D eigenvalue weighted by atomic mass is 10.2. The molecule has 0 bridgehead atoms. The standard InChI is InChI=1S/C10H10N4S3/c1-15-6-3-2-4-7(8(6)9(11)12)16-10-13-5-14-17-10/h2-5H,1H3,(H3,11,12). The summed E-state index contributed by atoms with van der Waals surface area (Å²) in [6.45, 7) is 0. The smallest absolute Gasteiger partial charge is 0.174 e. The van der Waals surface area contributed by atoms with Crippen LogP contribution >= 0.6 is 35.1 Å². The van der Waals surface area contributed by atoms with Crippen LogP contribution in [0.5, 0.6) is 0 Å². The third-order valence-corrected chi connectivity index (χ3v) is 4.57. The summed E-state index contributed by atoms with van der Waals surface area (Å²) in [5.74, 6) is 0.0852. The van der Waals surface area contributed by atoms with Crippen LogP contribution in [0.1, 0.15) is 5.56 Å². The monoisotopic (exact) mass is 282 g/mol. The molecule has 4 nitrogen and oxygen atoms in total. The normalized spacial score (nSPS) is 10.4. The zero-order valence-electron chi connectivity index (χ0n) is 9.01. The van der Waals surface area contributed by atoms with Gasteiger partial charge in [0, 0.05) is 15.4 Å². The summed E-state index contributed by atoms with van der Waals surface area (Å²) in [6, 6.07) is 5.87. The van der Waals surface area contributed by atoms with E-state index in [1.807, 2.05) is 24.5 Å². The molecule has 17 heavy (non-hydrogen) atoms. The fourth-order valence-corrected chi connectivity index (χ4v) is 3.62. The van der Waals surface area contributed by atoms with Crippen molar-refractivity contribution in [2.24, 2.45) is 5.73 Å². The van der Waals surface area contributed by atoms with Crippen molar-refractivity contribution >= 4 is 40.9 Å². The van der Waals surface area contributed by atoms with E-state index in [2.05, 4.69) is 9.36 Å². The first-order chi connectivity index (χ1) is 8.22. The molecular weight excluding hydrogens is 272 g/mol. The molecule has 88 valence electrons. The van der Waals surface area contributed by atoms with Crippen LogP contribution in [-0.2, 0) is 0 Å². The lowest BCUT2D eigenvalue weighted by Crippen LogP contribution is -2.13. The Kier molecular flexibility index (Phi) is 4.03. The van der Waals surface area contributed by atoms with Crippen molar-refractivity contribution in [1.29, 1.82) is 5.41 Å². The van der Waals surface area contributed by atoms with Gasteiger partial charge in [0.25, 0.3) is 0 Å². The van der Waals surface area contributed by atoms with Gasteiger partial charge in [-0.15, -0.1) is 11.8 Å². The van der Waals surface area contributed by atoms with E-state index in [-0.39, 0.29) is 5.84 Å². The van der Waals surface area contributed by atoms with Gasteiger partial charge in [-0.3, -0.25) is 5.41 Å². The van der Waals surface area contributed by atoms with Crippen LogP contribution < -0.4 is 5.73 Å². The molecule has 0 atom stereocenters. The SMILES string of the molecule is CSc1cccc(Sc2ncns2)c1C(=N)N. The molecule has 7 heteroatoms. The molecule has 0 spiro atoms. The molecule has 0 fully saturated rings. The van der Waals surface area contributed by atoms with Crippen molar-refractivity contribution in [1.82, 2.24) is 9.36 Å². The predicted molar refractivity (Wildman–Crippen MR) is 73.3 cm³/mol. The lowest BCUT2D eigenvalue weighted by molar-refractivity contribution is 1.20. The van der Waals surface area contributed by atoms with Crippen molar-refractivity contribution in [3.8, 4) is 0 Å². The number of hydrogen-bond donors (Lipinski definition) is 2. The quantitative estimate of drug-likeness (QED) is 0.512. The third kappa shape index (κ3) is 2.80. The van der Waals surface area contributed by atoms with E-state index >= 15 is 0 Å². The molecule has 0 aliphatic rings. The topological polar surface area (TPSA) is 75.7 Å². The molecule has 0 aliphatic carbocycles. The first-order valence-electron chi connectivity index (χ1n) is 4.68. The maximum absolute atomic E-state index is 7.67. The molecule has 2 aromatic rings. The third-order valence-electron chi connectivity index (χ3n) is 2.02. The second-order valence-electron chi connectivity index (χ2n) is 3.06. The highest BCUT2D eigenvalue weighted by Crippen LogP contribution is 2.34. The van der Waals surface area contributed by atoms with E-state index in [4.69, 9.17) is 11.1 Å². The summed E-state index contributed by atoms with van der Waals surface area (Å²) in [6.07, 6.45) is 3.50. The highest BCUT2D eigenvalue weighted by Gasteiger charge is 2.12. The minimum Gasteiger partial charge on any atom is -0.384 e. The van der Waals surface area contributed by atoms with Crippen LogP contribution in [0, 0.1) is 5.41 Å². The first kappa shape index (κ1) is 12.4. The number of thioether (sulfide) groups is 1. The van der Waals surface area contributed by atoms with Crippen molar-refractivity contribution < 1.29 is 0 Å². The van der Waals surface area contributed by atoms with E-state index in [1.54, 1.807) is 11.8 Å². The van der Waals surface area contributed by atoms with E-state index in [9.17, 15) is 0 Å². The Morgan fingerprint density at radius 1 is 1.41 bits per heavy atom. The highest BCUT2D eigenvalue weighted by atomic mass is 32.2. The number of nitrogens with one attached hydrogen (secondary N) is 1. The van der Waals surface area contributed by atoms with Gasteiger partial charge in [-0.2, -0.15) is 4.37 Å². The van der Waals surface area contributed by atoms with E-state index in [0.717, 1.165) is 19.7 Å². The van der Waals surface area contributed by atoms with Gasteiger partial charge in [0.1, 0.15) is 12.2 Å². The largest absolute Gasteiger partial charge is 0.384 e. The van der Waals surface area contributed by atoms with E-state index < -0.39 is 0 Å². The molecular formula is C10H10N4S3. The number of aromatic nitrogens is 2. The lowest BCUT2D eigenvalue weighted by Gasteiger charge is -2.10. The number of amidine groups is 1. The van der Waals surface area contributed by atoms with Gasteiger partial charge in [-0.05, 0) is 29.9 Å². The summed E-state index contributed by atoms with van der Waals surface area (Å²) in [4.78, 5) is 6.07. The second kappa shape index (κ2) is 5.52. The number of rotatable bonds is 4. The summed E-state index contributed by atoms with van der Waals surface area (Å²) in [5, 5.41) is 7.67. The van der Waals surface area contributed by atoms with Crippen molar-refractivity contribution in [3.63, 3.8) is 0 Å². The fraction of sp³-hybridized carbons (Fsp3) is 0.100. The van der Waals surface area contributed by atoms with Gasteiger partial charge in [0.05, 0.1) is 0 Å². The summed E-state index contributed by atoms with van der Waals surface area (Å²) >= 11 is 4.41. The van der Waals surface area contributed by atoms with Gasteiger partial charge in [0.15, 0.2) is 4.34 Å². The molecule has 0 unspecified atom stereocenters. The van der Waals surface area contributed by atoms with Crippen LogP contribution in [-0.4, -0.2) is 21.4 Å². The van der Waals surface area contributed by atoms with Gasteiger partial charge in [-0.1, -0.05) is 17.8 Å². The van der Waals surface area contributed by atoms with Crippen LogP contribution in [0.15, 0.2) is 38.7 Å². The number of benzene rings is 1. The zero-order chi connectivity index (χ0) is 12.3. The Balaban J connectivity index is 2.42. The first-order valence-corrected chi connectivity index (χ1v) is 7.49. The number of nitrogens with two attached hydrogens (primary N) is 1. The van der Waals surface area contributed by atoms with Gasteiger partial charge >= 0.3 is 0 Å². The minimum atomic E-state index is 0.0852. The van der Waals surface area contributed by atoms with Crippen LogP contribution in [0.4, 0.5) is 0 Å². The Morgan fingerprint density at radius 2 is 2.18 bits per heavy atom. The van der Waals surface area contributed by atoms with Crippen LogP contribution in [0.2, 0.25) is 0 Å². The zero-order valence-corrected chi connectivity index (χ0v) is 11.5. The average molecular weight is 282 g/mol. The highest BCUT2D eigenvalue weighted by molar-refractivity contribution is 8.01. The summed E-state index contributed by atoms with van der Waals surface area (Å²) < 4.78 is 4.81. The van der Waals surface area contributed by atoms with Gasteiger partial charge in [-0.25, -0.2) is 4.98 Å². The Morgan fingerprint density at radius 3 is 2.76 bits per heavy atom. The number of nitrogen functional groups attached to an aromatic ring is 1. The van der Waals surface area contributed by atoms with Crippen LogP contribution in [0.25, 0.3) is 0 Å². The Labute approximate surface area is 112 Å². The molecule has 0 radical (unpaired) electrons. The predicted octanol–water partition coefficient (Wildman–Crippen LogP) is 2.70. The second-order valence-corrected chi connectivity index (χ2v) is 5.97. The molecule has 0 saturated carbocycles. The van der Waals surface area contributed by atoms with Gasteiger partial charge in [0.2, 0.25) is 0 Å². The molecule has 1 aromatic carbocycles. The van der Waals surface area contributed by atoms with Crippen molar-refractivity contribution in [2.75, 3.05) is 6.26 Å². The molecule has 0 aliphatic heterocycles. The number of nitrogens with zero attached hydrogens (tertiary/aromatic N) is 2. The van der Waals surface area contributed by atoms with E-state index in [0.29, 0.717) is 0 Å². The molecule has 0 amide bonds. The molecule has 0 saturated heterocycles. The molecule has 1 aromatic heterocycles. The summed E-state index contributed by atoms with van der Waals surface area (Å²) in [7, 11) is 0.